The van der Waals surface area contributed by atoms with Gasteiger partial charge in [-0.3, -0.25) is 19.5 Å². The van der Waals surface area contributed by atoms with Gasteiger partial charge in [-0.05, 0) is 36.8 Å². The lowest BCUT2D eigenvalue weighted by molar-refractivity contribution is -0.132. The number of nitrogens with zero attached hydrogens (tertiary/aromatic N) is 3. The van der Waals surface area contributed by atoms with Crippen molar-refractivity contribution in [3.05, 3.63) is 77.0 Å². The molecule has 0 spiro atoms. The molecule has 0 radical (unpaired) electrons. The van der Waals surface area contributed by atoms with E-state index in [4.69, 9.17) is 0 Å². The highest BCUT2D eigenvalue weighted by atomic mass is 19.1. The molecule has 0 fully saturated rings. The number of amides is 4. The second-order valence-electron chi connectivity index (χ2n) is 7.30. The largest absolute Gasteiger partial charge is 0.349 e. The van der Waals surface area contributed by atoms with Crippen LogP contribution in [0.25, 0.3) is 0 Å². The lowest BCUT2D eigenvalue weighted by atomic mass is 9.95. The Hall–Kier alpha value is -3.75. The van der Waals surface area contributed by atoms with Crippen LogP contribution in [0.2, 0.25) is 0 Å². The van der Waals surface area contributed by atoms with E-state index in [0.29, 0.717) is 29.1 Å². The van der Waals surface area contributed by atoms with Crippen LogP contribution in [0.1, 0.15) is 24.2 Å². The van der Waals surface area contributed by atoms with Gasteiger partial charge in [-0.1, -0.05) is 18.2 Å². The Labute approximate surface area is 178 Å². The summed E-state index contributed by atoms with van der Waals surface area (Å²) < 4.78 is 13.4. The summed E-state index contributed by atoms with van der Waals surface area (Å²) in [6.07, 6.45) is 1.64. The lowest BCUT2D eigenvalue weighted by Gasteiger charge is -2.32. The van der Waals surface area contributed by atoms with E-state index in [1.165, 1.54) is 21.9 Å². The average molecular weight is 423 g/mol. The zero-order chi connectivity index (χ0) is 22.0. The first-order valence-corrected chi connectivity index (χ1v) is 10.0. The van der Waals surface area contributed by atoms with Gasteiger partial charge in [0, 0.05) is 12.7 Å². The molecule has 4 amide bonds. The fourth-order valence-electron chi connectivity index (χ4n) is 3.84. The molecule has 2 aliphatic rings. The summed E-state index contributed by atoms with van der Waals surface area (Å²) in [5.74, 6) is -1.05. The number of likely N-dealkylation sites (N-methyl/N-ethyl adjacent to an activating group) is 1. The Kier molecular flexibility index (Phi) is 5.66. The number of carbonyl (C=O) groups excluding carboxylic acids is 3. The molecule has 160 valence electrons. The van der Waals surface area contributed by atoms with Crippen molar-refractivity contribution in [2.45, 2.75) is 19.5 Å². The van der Waals surface area contributed by atoms with Crippen LogP contribution in [0.15, 0.2) is 59.9 Å². The Morgan fingerprint density at radius 2 is 2.00 bits per heavy atom. The molecule has 3 heterocycles. The first-order chi connectivity index (χ1) is 15.0. The molecule has 1 aromatic heterocycles. The second kappa shape index (κ2) is 8.55. The monoisotopic (exact) mass is 423 g/mol. The third kappa shape index (κ3) is 4.11. The van der Waals surface area contributed by atoms with Gasteiger partial charge in [0.1, 0.15) is 12.4 Å². The summed E-state index contributed by atoms with van der Waals surface area (Å²) in [7, 11) is 0. The predicted molar refractivity (Wildman–Crippen MR) is 110 cm³/mol. The Bertz CT molecular complexity index is 1040. The number of halogens is 1. The topological polar surface area (TPSA) is 94.6 Å². The SMILES string of the molecule is CCN1C(=O)NC(c2ccc(F)cc2)C2=C1CN(CC(=O)NCc1ccccn1)C2=O. The van der Waals surface area contributed by atoms with E-state index in [9.17, 15) is 18.8 Å². The van der Waals surface area contributed by atoms with Crippen molar-refractivity contribution in [3.8, 4) is 0 Å². The van der Waals surface area contributed by atoms with E-state index in [1.54, 1.807) is 30.5 Å². The van der Waals surface area contributed by atoms with Crippen molar-refractivity contribution < 1.29 is 18.8 Å². The summed E-state index contributed by atoms with van der Waals surface area (Å²) in [6.45, 7) is 2.47. The van der Waals surface area contributed by atoms with Crippen molar-refractivity contribution in [2.24, 2.45) is 0 Å². The molecule has 2 aromatic rings. The number of rotatable bonds is 6. The first kappa shape index (κ1) is 20.5. The van der Waals surface area contributed by atoms with Gasteiger partial charge in [0.2, 0.25) is 5.91 Å². The Morgan fingerprint density at radius 3 is 2.68 bits per heavy atom. The molecule has 0 bridgehead atoms. The highest BCUT2D eigenvalue weighted by molar-refractivity contribution is 6.03. The normalized spacial score (nSPS) is 18.2. The number of hydrogen-bond acceptors (Lipinski definition) is 4. The minimum Gasteiger partial charge on any atom is -0.349 e. The number of aromatic nitrogens is 1. The molecule has 1 atom stereocenters. The molecule has 1 aromatic carbocycles. The number of benzene rings is 1. The van der Waals surface area contributed by atoms with Gasteiger partial charge in [0.25, 0.3) is 5.91 Å². The first-order valence-electron chi connectivity index (χ1n) is 10.0. The third-order valence-electron chi connectivity index (χ3n) is 5.34. The molecular formula is C22H22FN5O3. The highest BCUT2D eigenvalue weighted by Crippen LogP contribution is 2.36. The Balaban J connectivity index is 1.51. The van der Waals surface area contributed by atoms with Crippen LogP contribution in [0.4, 0.5) is 9.18 Å². The van der Waals surface area contributed by atoms with Crippen LogP contribution in [0.5, 0.6) is 0 Å². The smallest absolute Gasteiger partial charge is 0.322 e. The molecule has 8 nitrogen and oxygen atoms in total. The maximum atomic E-state index is 13.4. The fourth-order valence-corrected chi connectivity index (χ4v) is 3.84. The molecule has 1 unspecified atom stereocenters. The maximum Gasteiger partial charge on any atom is 0.322 e. The van der Waals surface area contributed by atoms with Crippen molar-refractivity contribution >= 4 is 17.8 Å². The van der Waals surface area contributed by atoms with E-state index in [2.05, 4.69) is 15.6 Å². The summed E-state index contributed by atoms with van der Waals surface area (Å²) in [5.41, 5.74) is 2.30. The maximum absolute atomic E-state index is 13.4. The minimum absolute atomic E-state index is 0.138. The van der Waals surface area contributed by atoms with Gasteiger partial charge in [0.05, 0.1) is 36.1 Å². The predicted octanol–water partition coefficient (Wildman–Crippen LogP) is 1.72. The zero-order valence-electron chi connectivity index (χ0n) is 17.0. The van der Waals surface area contributed by atoms with Crippen LogP contribution in [-0.4, -0.2) is 52.3 Å². The molecule has 0 saturated heterocycles. The third-order valence-corrected chi connectivity index (χ3v) is 5.34. The summed E-state index contributed by atoms with van der Waals surface area (Å²) >= 11 is 0. The van der Waals surface area contributed by atoms with Gasteiger partial charge >= 0.3 is 6.03 Å². The molecule has 31 heavy (non-hydrogen) atoms. The summed E-state index contributed by atoms with van der Waals surface area (Å²) in [6, 6.07) is 10.1. The minimum atomic E-state index is -0.694. The van der Waals surface area contributed by atoms with Crippen molar-refractivity contribution in [1.29, 1.82) is 0 Å². The Morgan fingerprint density at radius 1 is 1.23 bits per heavy atom. The molecule has 0 saturated carbocycles. The van der Waals surface area contributed by atoms with Crippen molar-refractivity contribution in [1.82, 2.24) is 25.4 Å². The van der Waals surface area contributed by atoms with E-state index in [0.717, 1.165) is 0 Å². The number of pyridine rings is 1. The number of carbonyl (C=O) groups is 3. The number of nitrogens with one attached hydrogen (secondary N) is 2. The van der Waals surface area contributed by atoms with Crippen LogP contribution in [-0.2, 0) is 16.1 Å². The van der Waals surface area contributed by atoms with Crippen LogP contribution in [0.3, 0.4) is 0 Å². The highest BCUT2D eigenvalue weighted by Gasteiger charge is 2.43. The molecular weight excluding hydrogens is 401 g/mol. The van der Waals surface area contributed by atoms with Gasteiger partial charge in [-0.15, -0.1) is 0 Å². The van der Waals surface area contributed by atoms with Crippen LogP contribution in [0, 0.1) is 5.82 Å². The molecule has 9 heteroatoms. The van der Waals surface area contributed by atoms with Crippen LogP contribution < -0.4 is 10.6 Å². The fraction of sp³-hybridized carbons (Fsp3) is 0.273. The number of urea groups is 1. The summed E-state index contributed by atoms with van der Waals surface area (Å²) in [5, 5.41) is 5.59. The zero-order valence-corrected chi connectivity index (χ0v) is 17.0. The number of hydrogen-bond donors (Lipinski definition) is 2. The quantitative estimate of drug-likeness (QED) is 0.740. The molecule has 2 aliphatic heterocycles. The molecule has 4 rings (SSSR count). The lowest BCUT2D eigenvalue weighted by Crippen LogP contribution is -2.47. The second-order valence-corrected chi connectivity index (χ2v) is 7.30. The molecule has 0 aliphatic carbocycles. The van der Waals surface area contributed by atoms with Crippen LogP contribution >= 0.6 is 0 Å². The molecule has 2 N–H and O–H groups in total. The van der Waals surface area contributed by atoms with Gasteiger partial charge in [-0.2, -0.15) is 0 Å². The average Bonchev–Trinajstić information content (AvgIpc) is 3.09. The van der Waals surface area contributed by atoms with E-state index >= 15 is 0 Å². The van der Waals surface area contributed by atoms with E-state index in [-0.39, 0.29) is 37.5 Å². The van der Waals surface area contributed by atoms with Crippen molar-refractivity contribution in [3.63, 3.8) is 0 Å². The van der Waals surface area contributed by atoms with Gasteiger partial charge < -0.3 is 15.5 Å². The standard InChI is InChI=1S/C22H22FN5O3/c1-2-28-17-12-27(13-18(29)25-11-16-5-3-4-10-24-16)21(30)19(17)20(26-22(28)31)14-6-8-15(23)9-7-14/h3-10,20H,2,11-13H2,1H3,(H,25,29)(H,26,31). The summed E-state index contributed by atoms with van der Waals surface area (Å²) in [4.78, 5) is 45.3. The van der Waals surface area contributed by atoms with Gasteiger partial charge in [-0.25, -0.2) is 9.18 Å². The van der Waals surface area contributed by atoms with E-state index in [1.807, 2.05) is 13.0 Å². The van der Waals surface area contributed by atoms with Gasteiger partial charge in [0.15, 0.2) is 0 Å². The van der Waals surface area contributed by atoms with E-state index < -0.39 is 11.9 Å². The van der Waals surface area contributed by atoms with Crippen molar-refractivity contribution in [2.75, 3.05) is 19.6 Å².